The van der Waals surface area contributed by atoms with E-state index < -0.39 is 0 Å². The van der Waals surface area contributed by atoms with Gasteiger partial charge in [0.2, 0.25) is 5.91 Å². The molecule has 0 saturated carbocycles. The largest absolute Gasteiger partial charge is 0.370 e. The lowest BCUT2D eigenvalue weighted by Crippen LogP contribution is -2.42. The van der Waals surface area contributed by atoms with Crippen LogP contribution in [0.3, 0.4) is 0 Å². The Morgan fingerprint density at radius 3 is 2.13 bits per heavy atom. The maximum Gasteiger partial charge on any atom is 0.223 e. The van der Waals surface area contributed by atoms with E-state index in [2.05, 4.69) is 0 Å². The molecule has 1 aliphatic rings. The Hall–Kier alpha value is -3.24. The molecule has 0 N–H and O–H groups in total. The van der Waals surface area contributed by atoms with Gasteiger partial charge in [-0.15, -0.1) is 0 Å². The summed E-state index contributed by atoms with van der Waals surface area (Å²) >= 11 is 0. The third-order valence-electron chi connectivity index (χ3n) is 5.47. The number of benzene rings is 3. The molecule has 1 fully saturated rings. The van der Waals surface area contributed by atoms with Crippen LogP contribution < -0.4 is 0 Å². The van der Waals surface area contributed by atoms with E-state index in [4.69, 9.17) is 4.74 Å². The van der Waals surface area contributed by atoms with Gasteiger partial charge < -0.3 is 9.64 Å². The predicted molar refractivity (Wildman–Crippen MR) is 117 cm³/mol. The van der Waals surface area contributed by atoms with Crippen LogP contribution in [0.25, 0.3) is 11.1 Å². The van der Waals surface area contributed by atoms with Gasteiger partial charge in [0.15, 0.2) is 5.78 Å². The standard InChI is InChI=1S/C26H25NO3/c28-24(22-13-11-21(12-14-22)20-7-3-1-4-8-20)15-16-26(29)27-17-18-30-25(19-27)23-9-5-2-6-10-23/h1-14,25H,15-19H2/t25-/m1/s1. The molecule has 0 bridgehead atoms. The van der Waals surface area contributed by atoms with E-state index in [1.165, 1.54) is 0 Å². The first-order valence-corrected chi connectivity index (χ1v) is 10.3. The van der Waals surface area contributed by atoms with Gasteiger partial charge in [-0.2, -0.15) is 0 Å². The number of Topliss-reactive ketones (excluding diaryl/α,β-unsaturated/α-hetero) is 1. The first kappa shape index (κ1) is 20.0. The van der Waals surface area contributed by atoms with Gasteiger partial charge in [0.05, 0.1) is 13.2 Å². The molecule has 1 aliphatic heterocycles. The van der Waals surface area contributed by atoms with Crippen LogP contribution in [0.1, 0.15) is 34.9 Å². The van der Waals surface area contributed by atoms with Crippen molar-refractivity contribution in [3.05, 3.63) is 96.1 Å². The molecule has 1 heterocycles. The highest BCUT2D eigenvalue weighted by atomic mass is 16.5. The van der Waals surface area contributed by atoms with E-state index in [9.17, 15) is 9.59 Å². The number of hydrogen-bond donors (Lipinski definition) is 0. The van der Waals surface area contributed by atoms with Crippen LogP contribution in [-0.4, -0.2) is 36.3 Å². The second-order valence-electron chi connectivity index (χ2n) is 7.48. The smallest absolute Gasteiger partial charge is 0.223 e. The molecule has 0 unspecified atom stereocenters. The minimum Gasteiger partial charge on any atom is -0.370 e. The van der Waals surface area contributed by atoms with Crippen molar-refractivity contribution in [1.82, 2.24) is 4.90 Å². The predicted octanol–water partition coefficient (Wildman–Crippen LogP) is 4.92. The number of nitrogens with zero attached hydrogens (tertiary/aromatic N) is 1. The van der Waals surface area contributed by atoms with Gasteiger partial charge in [-0.3, -0.25) is 9.59 Å². The normalized spacial score (nSPS) is 16.3. The van der Waals surface area contributed by atoms with Crippen molar-refractivity contribution >= 4 is 11.7 Å². The Morgan fingerprint density at radius 2 is 1.43 bits per heavy atom. The zero-order chi connectivity index (χ0) is 20.8. The van der Waals surface area contributed by atoms with Crippen LogP contribution in [0.2, 0.25) is 0 Å². The van der Waals surface area contributed by atoms with Crippen molar-refractivity contribution in [3.63, 3.8) is 0 Å². The summed E-state index contributed by atoms with van der Waals surface area (Å²) in [4.78, 5) is 27.1. The summed E-state index contributed by atoms with van der Waals surface area (Å²) in [6.45, 7) is 1.62. The van der Waals surface area contributed by atoms with Crippen molar-refractivity contribution in [2.75, 3.05) is 19.7 Å². The molecule has 3 aromatic rings. The van der Waals surface area contributed by atoms with Gasteiger partial charge in [0.1, 0.15) is 6.10 Å². The molecule has 3 aromatic carbocycles. The van der Waals surface area contributed by atoms with E-state index in [1.54, 1.807) is 0 Å². The molecular weight excluding hydrogens is 374 g/mol. The van der Waals surface area contributed by atoms with E-state index in [0.717, 1.165) is 16.7 Å². The fraction of sp³-hybridized carbons (Fsp3) is 0.231. The fourth-order valence-electron chi connectivity index (χ4n) is 3.75. The topological polar surface area (TPSA) is 46.6 Å². The maximum absolute atomic E-state index is 12.7. The SMILES string of the molecule is O=C(CCC(=O)N1CCO[C@@H](c2ccccc2)C1)c1ccc(-c2ccccc2)cc1. The van der Waals surface area contributed by atoms with Gasteiger partial charge in [-0.25, -0.2) is 0 Å². The second-order valence-corrected chi connectivity index (χ2v) is 7.48. The van der Waals surface area contributed by atoms with E-state index in [1.807, 2.05) is 89.8 Å². The summed E-state index contributed by atoms with van der Waals surface area (Å²) in [5, 5.41) is 0. The molecule has 0 aromatic heterocycles. The summed E-state index contributed by atoms with van der Waals surface area (Å²) in [6.07, 6.45) is 0.336. The summed E-state index contributed by atoms with van der Waals surface area (Å²) in [5.74, 6) is 0.00400. The van der Waals surface area contributed by atoms with Crippen molar-refractivity contribution in [1.29, 1.82) is 0 Å². The number of morpholine rings is 1. The van der Waals surface area contributed by atoms with Gasteiger partial charge >= 0.3 is 0 Å². The number of carbonyl (C=O) groups excluding carboxylic acids is 2. The Bertz CT molecular complexity index is 984. The van der Waals surface area contributed by atoms with Crippen LogP contribution in [0.5, 0.6) is 0 Å². The van der Waals surface area contributed by atoms with Crippen LogP contribution in [0.15, 0.2) is 84.9 Å². The quantitative estimate of drug-likeness (QED) is 0.553. The molecule has 30 heavy (non-hydrogen) atoms. The molecule has 4 nitrogen and oxygen atoms in total. The summed E-state index contributed by atoms with van der Waals surface area (Å²) in [5.41, 5.74) is 3.91. The zero-order valence-corrected chi connectivity index (χ0v) is 16.9. The zero-order valence-electron chi connectivity index (χ0n) is 16.9. The molecule has 152 valence electrons. The molecule has 1 atom stereocenters. The molecule has 1 saturated heterocycles. The minimum absolute atomic E-state index is 0.00386. The third kappa shape index (κ3) is 4.84. The fourth-order valence-corrected chi connectivity index (χ4v) is 3.75. The number of amides is 1. The van der Waals surface area contributed by atoms with E-state index in [0.29, 0.717) is 25.3 Å². The summed E-state index contributed by atoms with van der Waals surface area (Å²) < 4.78 is 5.83. The Labute approximate surface area is 177 Å². The van der Waals surface area contributed by atoms with Crippen molar-refractivity contribution < 1.29 is 14.3 Å². The summed E-state index contributed by atoms with van der Waals surface area (Å²) in [6, 6.07) is 27.6. The third-order valence-corrected chi connectivity index (χ3v) is 5.47. The second kappa shape index (κ2) is 9.51. The highest BCUT2D eigenvalue weighted by molar-refractivity contribution is 5.98. The number of rotatable bonds is 6. The molecule has 4 rings (SSSR count). The number of hydrogen-bond acceptors (Lipinski definition) is 3. The number of ether oxygens (including phenoxy) is 1. The first-order valence-electron chi connectivity index (χ1n) is 10.3. The monoisotopic (exact) mass is 399 g/mol. The minimum atomic E-state index is -0.106. The summed E-state index contributed by atoms with van der Waals surface area (Å²) in [7, 11) is 0. The number of ketones is 1. The van der Waals surface area contributed by atoms with Crippen molar-refractivity contribution in [2.45, 2.75) is 18.9 Å². The highest BCUT2D eigenvalue weighted by Crippen LogP contribution is 2.23. The lowest BCUT2D eigenvalue weighted by molar-refractivity contribution is -0.139. The van der Waals surface area contributed by atoms with Gasteiger partial charge in [-0.05, 0) is 16.7 Å². The molecule has 1 amide bonds. The first-order chi connectivity index (χ1) is 14.7. The molecule has 4 heteroatoms. The van der Waals surface area contributed by atoms with Gasteiger partial charge in [0.25, 0.3) is 0 Å². The van der Waals surface area contributed by atoms with E-state index in [-0.39, 0.29) is 30.6 Å². The highest BCUT2D eigenvalue weighted by Gasteiger charge is 2.25. The molecular formula is C26H25NO3. The molecule has 0 radical (unpaired) electrons. The van der Waals surface area contributed by atoms with Gasteiger partial charge in [-0.1, -0.05) is 84.9 Å². The van der Waals surface area contributed by atoms with Crippen molar-refractivity contribution in [3.8, 4) is 11.1 Å². The molecule has 0 aliphatic carbocycles. The Balaban J connectivity index is 1.31. The van der Waals surface area contributed by atoms with Crippen LogP contribution in [-0.2, 0) is 9.53 Å². The number of carbonyl (C=O) groups is 2. The molecule has 0 spiro atoms. The van der Waals surface area contributed by atoms with E-state index >= 15 is 0 Å². The van der Waals surface area contributed by atoms with Crippen LogP contribution >= 0.6 is 0 Å². The van der Waals surface area contributed by atoms with Crippen LogP contribution in [0.4, 0.5) is 0 Å². The van der Waals surface area contributed by atoms with Gasteiger partial charge in [0, 0.05) is 24.9 Å². The maximum atomic E-state index is 12.7. The van der Waals surface area contributed by atoms with Crippen LogP contribution in [0, 0.1) is 0 Å². The Morgan fingerprint density at radius 1 is 0.800 bits per heavy atom. The Kier molecular flexibility index (Phi) is 6.35. The lowest BCUT2D eigenvalue weighted by atomic mass is 10.0. The van der Waals surface area contributed by atoms with Crippen molar-refractivity contribution in [2.24, 2.45) is 0 Å². The average molecular weight is 399 g/mol. The lowest BCUT2D eigenvalue weighted by Gasteiger charge is -2.33. The average Bonchev–Trinajstić information content (AvgIpc) is 2.83.